The molecule has 1 aromatic heterocycles. The number of aromatic nitrogens is 2. The zero-order valence-corrected chi connectivity index (χ0v) is 21.8. The van der Waals surface area contributed by atoms with E-state index in [9.17, 15) is 23.0 Å². The van der Waals surface area contributed by atoms with Crippen molar-refractivity contribution in [2.24, 2.45) is 0 Å². The molecule has 0 saturated carbocycles. The van der Waals surface area contributed by atoms with Gasteiger partial charge in [-0.05, 0) is 36.6 Å². The Labute approximate surface area is 211 Å². The fourth-order valence-electron chi connectivity index (χ4n) is 3.75. The van der Waals surface area contributed by atoms with Crippen LogP contribution in [0.15, 0.2) is 30.3 Å². The molecule has 1 aliphatic heterocycles. The van der Waals surface area contributed by atoms with Gasteiger partial charge in [0.05, 0.1) is 43.1 Å². The summed E-state index contributed by atoms with van der Waals surface area (Å²) >= 11 is 0. The molecule has 2 heterocycles. The summed E-state index contributed by atoms with van der Waals surface area (Å²) in [5.74, 6) is -0.555. The normalized spacial score (nSPS) is 17.0. The maximum absolute atomic E-state index is 13.6. The van der Waals surface area contributed by atoms with Gasteiger partial charge in [-0.1, -0.05) is 26.0 Å². The Morgan fingerprint density at radius 3 is 2.39 bits per heavy atom. The number of anilines is 1. The van der Waals surface area contributed by atoms with Gasteiger partial charge in [-0.15, -0.1) is 0 Å². The Morgan fingerprint density at radius 2 is 1.81 bits per heavy atom. The number of hydrogen-bond donors (Lipinski definition) is 2. The molecule has 0 unspecified atom stereocenters. The van der Waals surface area contributed by atoms with Crippen molar-refractivity contribution < 1.29 is 32.5 Å². The molecule has 2 N–H and O–H groups in total. The lowest BCUT2D eigenvalue weighted by Gasteiger charge is -2.25. The van der Waals surface area contributed by atoms with E-state index in [2.05, 4.69) is 9.97 Å². The van der Waals surface area contributed by atoms with Crippen LogP contribution in [0.5, 0.6) is 0 Å². The third-order valence-electron chi connectivity index (χ3n) is 5.77. The molecule has 1 aromatic carbocycles. The lowest BCUT2D eigenvalue weighted by molar-refractivity contribution is -0.192. The molecule has 9 nitrogen and oxygen atoms in total. The number of hydrogen-bond acceptors (Lipinski definition) is 8. The lowest BCUT2D eigenvalue weighted by atomic mass is 9.97. The van der Waals surface area contributed by atoms with Crippen LogP contribution in [0, 0.1) is 5.82 Å². The molecular weight excluding hydrogens is 489 g/mol. The average Bonchev–Trinajstić information content (AvgIpc) is 2.82. The minimum atomic E-state index is -3.63. The molecule has 2 aromatic rings. The van der Waals surface area contributed by atoms with E-state index in [1.165, 1.54) is 25.3 Å². The average molecular weight is 524 g/mol. The topological polar surface area (TPSA) is 122 Å². The van der Waals surface area contributed by atoms with Crippen molar-refractivity contribution in [1.82, 2.24) is 9.97 Å². The Kier molecular flexibility index (Phi) is 9.53. The van der Waals surface area contributed by atoms with Crippen LogP contribution in [0.2, 0.25) is 0 Å². The predicted molar refractivity (Wildman–Crippen MR) is 135 cm³/mol. The fraction of sp³-hybridized carbons (Fsp3) is 0.520. The molecule has 3 rings (SSSR count). The van der Waals surface area contributed by atoms with Crippen LogP contribution in [0.4, 0.5) is 10.3 Å². The highest BCUT2D eigenvalue weighted by Gasteiger charge is 2.23. The van der Waals surface area contributed by atoms with Gasteiger partial charge in [0.2, 0.25) is 16.0 Å². The number of halogens is 1. The number of rotatable bonds is 10. The summed E-state index contributed by atoms with van der Waals surface area (Å²) in [6.45, 7) is 4.97. The second-order valence-electron chi connectivity index (χ2n) is 9.14. The van der Waals surface area contributed by atoms with Crippen molar-refractivity contribution in [2.45, 2.75) is 57.5 Å². The molecule has 198 valence electrons. The molecule has 0 spiro atoms. The summed E-state index contributed by atoms with van der Waals surface area (Å²) in [5.41, 5.74) is 2.08. The maximum atomic E-state index is 13.6. The first-order valence-electron chi connectivity index (χ1n) is 11.8. The number of sulfonamides is 1. The standard InChI is InChI=1S/C25H34FN3O6S/c1-16(2)23-21(11-10-19(30)14-20(31)15-22-34-12-5-13-35-22)24(17-6-8-18(26)9-7-17)28-25(27-23)29(3)36(4,32)33/h6-11,16,19-20,22,30-31H,5,12-15H2,1-4H3/b11-10+/t19-,20-/m1/s1. The van der Waals surface area contributed by atoms with Crippen molar-refractivity contribution in [1.29, 1.82) is 0 Å². The molecular formula is C25H34FN3O6S. The van der Waals surface area contributed by atoms with Crippen molar-refractivity contribution in [2.75, 3.05) is 30.8 Å². The minimum Gasteiger partial charge on any atom is -0.393 e. The van der Waals surface area contributed by atoms with E-state index < -0.39 is 34.3 Å². The monoisotopic (exact) mass is 523 g/mol. The summed E-state index contributed by atoms with van der Waals surface area (Å²) in [5, 5.41) is 20.9. The first kappa shape index (κ1) is 28.1. The molecule has 0 bridgehead atoms. The third-order valence-corrected chi connectivity index (χ3v) is 6.92. The minimum absolute atomic E-state index is 0.0128. The first-order valence-corrected chi connectivity index (χ1v) is 13.7. The zero-order chi connectivity index (χ0) is 26.5. The number of aliphatic hydroxyl groups is 2. The Morgan fingerprint density at radius 1 is 1.17 bits per heavy atom. The largest absolute Gasteiger partial charge is 0.393 e. The fourth-order valence-corrected chi connectivity index (χ4v) is 4.13. The summed E-state index contributed by atoms with van der Waals surface area (Å²) in [6.07, 6.45) is 3.06. The first-order chi connectivity index (χ1) is 17.0. The van der Waals surface area contributed by atoms with Crippen molar-refractivity contribution in [3.8, 4) is 11.3 Å². The van der Waals surface area contributed by atoms with E-state index in [0.29, 0.717) is 35.7 Å². The molecule has 11 heteroatoms. The Bertz CT molecular complexity index is 1150. The highest BCUT2D eigenvalue weighted by atomic mass is 32.2. The quantitative estimate of drug-likeness (QED) is 0.487. The number of aliphatic hydroxyl groups excluding tert-OH is 2. The van der Waals surface area contributed by atoms with Crippen LogP contribution in [0.3, 0.4) is 0 Å². The van der Waals surface area contributed by atoms with E-state index in [0.717, 1.165) is 17.0 Å². The van der Waals surface area contributed by atoms with E-state index in [1.807, 2.05) is 13.8 Å². The lowest BCUT2D eigenvalue weighted by Crippen LogP contribution is -2.30. The molecule has 0 aliphatic carbocycles. The zero-order valence-electron chi connectivity index (χ0n) is 21.0. The van der Waals surface area contributed by atoms with E-state index >= 15 is 0 Å². The SMILES string of the molecule is CC(C)c1nc(N(C)S(C)(=O)=O)nc(-c2ccc(F)cc2)c1/C=C/[C@@H](O)C[C@@H](O)CC1OCCCO1. The Balaban J connectivity index is 1.95. The maximum Gasteiger partial charge on any atom is 0.239 e. The molecule has 0 amide bonds. The third kappa shape index (κ3) is 7.53. The van der Waals surface area contributed by atoms with Gasteiger partial charge in [-0.2, -0.15) is 0 Å². The number of ether oxygens (including phenoxy) is 2. The van der Waals surface area contributed by atoms with Gasteiger partial charge in [0.25, 0.3) is 0 Å². The highest BCUT2D eigenvalue weighted by Crippen LogP contribution is 2.31. The van der Waals surface area contributed by atoms with Crippen molar-refractivity contribution >= 4 is 22.0 Å². The molecule has 0 radical (unpaired) electrons. The van der Waals surface area contributed by atoms with Gasteiger partial charge in [0, 0.05) is 31.0 Å². The van der Waals surface area contributed by atoms with Gasteiger partial charge >= 0.3 is 0 Å². The second kappa shape index (κ2) is 12.2. The van der Waals surface area contributed by atoms with E-state index in [-0.39, 0.29) is 24.7 Å². The van der Waals surface area contributed by atoms with Crippen molar-refractivity contribution in [3.05, 3.63) is 47.4 Å². The molecule has 2 atom stereocenters. The smallest absolute Gasteiger partial charge is 0.239 e. The molecule has 1 saturated heterocycles. The highest BCUT2D eigenvalue weighted by molar-refractivity contribution is 7.92. The van der Waals surface area contributed by atoms with Gasteiger partial charge in [0.1, 0.15) is 5.82 Å². The molecule has 36 heavy (non-hydrogen) atoms. The van der Waals surface area contributed by atoms with Crippen LogP contribution in [-0.4, -0.2) is 73.6 Å². The summed E-state index contributed by atoms with van der Waals surface area (Å²) in [7, 11) is -2.26. The van der Waals surface area contributed by atoms with Gasteiger partial charge < -0.3 is 19.7 Å². The van der Waals surface area contributed by atoms with Crippen molar-refractivity contribution in [3.63, 3.8) is 0 Å². The van der Waals surface area contributed by atoms with Crippen LogP contribution < -0.4 is 4.31 Å². The second-order valence-corrected chi connectivity index (χ2v) is 11.2. The Hall–Kier alpha value is -2.44. The van der Waals surface area contributed by atoms with Gasteiger partial charge in [-0.3, -0.25) is 0 Å². The number of benzene rings is 1. The van der Waals surface area contributed by atoms with Crippen LogP contribution >= 0.6 is 0 Å². The number of nitrogens with zero attached hydrogens (tertiary/aromatic N) is 3. The summed E-state index contributed by atoms with van der Waals surface area (Å²) in [4.78, 5) is 9.00. The summed E-state index contributed by atoms with van der Waals surface area (Å²) < 4.78 is 49.8. The van der Waals surface area contributed by atoms with Crippen LogP contribution in [0.25, 0.3) is 17.3 Å². The van der Waals surface area contributed by atoms with Crippen LogP contribution in [0.1, 0.15) is 50.3 Å². The van der Waals surface area contributed by atoms with E-state index in [4.69, 9.17) is 9.47 Å². The van der Waals surface area contributed by atoms with Gasteiger partial charge in [-0.25, -0.2) is 27.1 Å². The molecule has 1 fully saturated rings. The molecule has 1 aliphatic rings. The summed E-state index contributed by atoms with van der Waals surface area (Å²) in [6, 6.07) is 5.68. The van der Waals surface area contributed by atoms with E-state index in [1.54, 1.807) is 18.2 Å². The van der Waals surface area contributed by atoms with Crippen LogP contribution in [-0.2, 0) is 19.5 Å². The van der Waals surface area contributed by atoms with Gasteiger partial charge in [0.15, 0.2) is 6.29 Å². The predicted octanol–water partition coefficient (Wildman–Crippen LogP) is 3.08.